The van der Waals surface area contributed by atoms with Crippen LogP contribution in [0.25, 0.3) is 0 Å². The minimum atomic E-state index is -0.997. The fraction of sp³-hybridized carbons (Fsp3) is 0.333. The number of aromatic carboxylic acids is 1. The normalized spacial score (nSPS) is 10.0. The highest BCUT2D eigenvalue weighted by Crippen LogP contribution is 2.16. The number of ether oxygens (including phenoxy) is 1. The Labute approximate surface area is 123 Å². The molecule has 1 rings (SSSR count). The van der Waals surface area contributed by atoms with Gasteiger partial charge in [0.15, 0.2) is 0 Å². The van der Waals surface area contributed by atoms with Crippen molar-refractivity contribution in [2.24, 2.45) is 0 Å². The molecule has 2 amide bonds. The van der Waals surface area contributed by atoms with Crippen molar-refractivity contribution >= 4 is 17.7 Å². The van der Waals surface area contributed by atoms with Gasteiger partial charge in [0.05, 0.1) is 18.8 Å². The Morgan fingerprint density at radius 3 is 2.67 bits per heavy atom. The minimum Gasteiger partial charge on any atom is -0.478 e. The molecular weight excluding hydrogens is 272 g/mol. The van der Waals surface area contributed by atoms with Gasteiger partial charge in [0.2, 0.25) is 0 Å². The molecule has 6 nitrogen and oxygen atoms in total. The zero-order valence-corrected chi connectivity index (χ0v) is 12.2. The fourth-order valence-electron chi connectivity index (χ4n) is 1.59. The molecule has 21 heavy (non-hydrogen) atoms. The van der Waals surface area contributed by atoms with E-state index in [1.54, 1.807) is 13.0 Å². The highest BCUT2D eigenvalue weighted by Gasteiger charge is 2.07. The van der Waals surface area contributed by atoms with E-state index in [9.17, 15) is 9.59 Å². The monoisotopic (exact) mass is 292 g/mol. The van der Waals surface area contributed by atoms with Gasteiger partial charge in [-0.15, -0.1) is 0 Å². The molecule has 0 unspecified atom stereocenters. The Hall–Kier alpha value is -2.34. The fourth-order valence-corrected chi connectivity index (χ4v) is 1.59. The molecule has 3 N–H and O–H groups in total. The second-order valence-corrected chi connectivity index (χ2v) is 4.73. The average Bonchev–Trinajstić information content (AvgIpc) is 2.40. The quantitative estimate of drug-likeness (QED) is 0.532. The average molecular weight is 292 g/mol. The number of hydrogen-bond acceptors (Lipinski definition) is 3. The first-order valence-corrected chi connectivity index (χ1v) is 6.51. The second-order valence-electron chi connectivity index (χ2n) is 4.73. The summed E-state index contributed by atoms with van der Waals surface area (Å²) in [6.45, 7) is 8.56. The molecule has 0 spiro atoms. The van der Waals surface area contributed by atoms with E-state index >= 15 is 0 Å². The molecule has 0 fully saturated rings. The first kappa shape index (κ1) is 16.7. The lowest BCUT2D eigenvalue weighted by atomic mass is 10.1. The maximum absolute atomic E-state index is 11.7. The molecule has 6 heteroatoms. The summed E-state index contributed by atoms with van der Waals surface area (Å²) in [6.07, 6.45) is 0. The van der Waals surface area contributed by atoms with Crippen LogP contribution in [-0.4, -0.2) is 36.9 Å². The van der Waals surface area contributed by atoms with E-state index in [4.69, 9.17) is 9.84 Å². The van der Waals surface area contributed by atoms with Crippen molar-refractivity contribution in [3.05, 3.63) is 41.5 Å². The number of aryl methyl sites for hydroxylation is 1. The summed E-state index contributed by atoms with van der Waals surface area (Å²) in [5.74, 6) is -0.997. The topological polar surface area (TPSA) is 87.7 Å². The summed E-state index contributed by atoms with van der Waals surface area (Å²) in [5.41, 5.74) is 2.36. The largest absolute Gasteiger partial charge is 0.478 e. The zero-order chi connectivity index (χ0) is 15.8. The van der Waals surface area contributed by atoms with Crippen molar-refractivity contribution in [3.63, 3.8) is 0 Å². The van der Waals surface area contributed by atoms with Crippen LogP contribution in [0, 0.1) is 6.92 Å². The SMILES string of the molecule is C=C(C)COCCNC(=O)Nc1ccc(C(=O)O)cc1C. The number of carbonyl (C=O) groups excluding carboxylic acids is 1. The van der Waals surface area contributed by atoms with Gasteiger partial charge in [-0.1, -0.05) is 12.2 Å². The third-order valence-electron chi connectivity index (χ3n) is 2.60. The first-order chi connectivity index (χ1) is 9.90. The third kappa shape index (κ3) is 6.09. The van der Waals surface area contributed by atoms with Crippen LogP contribution >= 0.6 is 0 Å². The van der Waals surface area contributed by atoms with E-state index in [2.05, 4.69) is 17.2 Å². The Morgan fingerprint density at radius 1 is 1.38 bits per heavy atom. The molecule has 0 aliphatic rings. The van der Waals surface area contributed by atoms with E-state index in [-0.39, 0.29) is 11.6 Å². The van der Waals surface area contributed by atoms with E-state index in [0.29, 0.717) is 31.0 Å². The van der Waals surface area contributed by atoms with Crippen LogP contribution in [0.3, 0.4) is 0 Å². The van der Waals surface area contributed by atoms with Gasteiger partial charge in [0, 0.05) is 12.2 Å². The van der Waals surface area contributed by atoms with Gasteiger partial charge >= 0.3 is 12.0 Å². The van der Waals surface area contributed by atoms with Crippen molar-refractivity contribution in [1.82, 2.24) is 5.32 Å². The number of carbonyl (C=O) groups is 2. The molecule has 0 aliphatic heterocycles. The van der Waals surface area contributed by atoms with E-state index in [1.165, 1.54) is 12.1 Å². The van der Waals surface area contributed by atoms with Crippen molar-refractivity contribution in [3.8, 4) is 0 Å². The molecule has 0 aromatic heterocycles. The highest BCUT2D eigenvalue weighted by atomic mass is 16.5. The molecule has 0 atom stereocenters. The second kappa shape index (κ2) is 8.06. The summed E-state index contributed by atoms with van der Waals surface area (Å²) in [7, 11) is 0. The van der Waals surface area contributed by atoms with E-state index in [0.717, 1.165) is 5.57 Å². The van der Waals surface area contributed by atoms with Crippen LogP contribution in [0.4, 0.5) is 10.5 Å². The van der Waals surface area contributed by atoms with Crippen molar-refractivity contribution in [2.45, 2.75) is 13.8 Å². The van der Waals surface area contributed by atoms with Crippen LogP contribution in [-0.2, 0) is 4.74 Å². The van der Waals surface area contributed by atoms with E-state index in [1.807, 2.05) is 6.92 Å². The number of benzene rings is 1. The smallest absolute Gasteiger partial charge is 0.335 e. The van der Waals surface area contributed by atoms with Gasteiger partial charge in [-0.3, -0.25) is 0 Å². The molecular formula is C15H20N2O4. The molecule has 0 radical (unpaired) electrons. The van der Waals surface area contributed by atoms with Gasteiger partial charge in [-0.25, -0.2) is 9.59 Å². The Bertz CT molecular complexity index is 540. The number of carboxylic acid groups (broad SMARTS) is 1. The number of amides is 2. The van der Waals surface area contributed by atoms with Gasteiger partial charge in [0.1, 0.15) is 0 Å². The lowest BCUT2D eigenvalue weighted by Gasteiger charge is -2.10. The van der Waals surface area contributed by atoms with Crippen molar-refractivity contribution < 1.29 is 19.4 Å². The summed E-state index contributed by atoms with van der Waals surface area (Å²) in [4.78, 5) is 22.5. The van der Waals surface area contributed by atoms with Gasteiger partial charge in [0.25, 0.3) is 0 Å². The number of anilines is 1. The molecule has 0 aliphatic carbocycles. The lowest BCUT2D eigenvalue weighted by molar-refractivity contribution is 0.0697. The van der Waals surface area contributed by atoms with Crippen LogP contribution in [0.5, 0.6) is 0 Å². The van der Waals surface area contributed by atoms with Crippen LogP contribution in [0.15, 0.2) is 30.4 Å². The number of urea groups is 1. The standard InChI is InChI=1S/C15H20N2O4/c1-10(2)9-21-7-6-16-15(20)17-13-5-4-12(14(18)19)8-11(13)3/h4-5,8H,1,6-7,9H2,2-3H3,(H,18,19)(H2,16,17,20). The van der Waals surface area contributed by atoms with Crippen molar-refractivity contribution in [2.75, 3.05) is 25.1 Å². The molecule has 1 aromatic carbocycles. The first-order valence-electron chi connectivity index (χ1n) is 6.51. The van der Waals surface area contributed by atoms with Gasteiger partial charge in [-0.05, 0) is 37.6 Å². The number of rotatable bonds is 7. The van der Waals surface area contributed by atoms with Crippen LogP contribution in [0.1, 0.15) is 22.8 Å². The number of carboxylic acids is 1. The molecule has 0 saturated heterocycles. The summed E-state index contributed by atoms with van der Waals surface area (Å²) in [5, 5.41) is 14.2. The summed E-state index contributed by atoms with van der Waals surface area (Å²) < 4.78 is 5.25. The predicted octanol–water partition coefficient (Wildman–Crippen LogP) is 2.41. The Kier molecular flexibility index (Phi) is 6.42. The molecule has 0 saturated carbocycles. The summed E-state index contributed by atoms with van der Waals surface area (Å²) >= 11 is 0. The lowest BCUT2D eigenvalue weighted by Crippen LogP contribution is -2.31. The maximum Gasteiger partial charge on any atom is 0.335 e. The van der Waals surface area contributed by atoms with Crippen molar-refractivity contribution in [1.29, 1.82) is 0 Å². The highest BCUT2D eigenvalue weighted by molar-refractivity contribution is 5.92. The Balaban J connectivity index is 2.41. The van der Waals surface area contributed by atoms with Gasteiger partial charge in [-0.2, -0.15) is 0 Å². The van der Waals surface area contributed by atoms with Gasteiger partial charge < -0.3 is 20.5 Å². The summed E-state index contributed by atoms with van der Waals surface area (Å²) in [6, 6.07) is 4.16. The predicted molar refractivity (Wildman–Crippen MR) is 80.8 cm³/mol. The third-order valence-corrected chi connectivity index (χ3v) is 2.60. The maximum atomic E-state index is 11.7. The molecule has 0 bridgehead atoms. The zero-order valence-electron chi connectivity index (χ0n) is 12.2. The number of hydrogen-bond donors (Lipinski definition) is 3. The molecule has 0 heterocycles. The Morgan fingerprint density at radius 2 is 2.10 bits per heavy atom. The number of nitrogens with one attached hydrogen (secondary N) is 2. The minimum absolute atomic E-state index is 0.187. The van der Waals surface area contributed by atoms with Crippen LogP contribution in [0.2, 0.25) is 0 Å². The molecule has 114 valence electrons. The molecule has 1 aromatic rings. The van der Waals surface area contributed by atoms with E-state index < -0.39 is 5.97 Å². The van der Waals surface area contributed by atoms with Crippen LogP contribution < -0.4 is 10.6 Å².